The van der Waals surface area contributed by atoms with E-state index in [1.54, 1.807) is 12.1 Å². The van der Waals surface area contributed by atoms with Crippen molar-refractivity contribution in [2.24, 2.45) is 0 Å². The Hall–Kier alpha value is -2.20. The molecule has 19 heavy (non-hydrogen) atoms. The van der Waals surface area contributed by atoms with Crippen molar-refractivity contribution < 1.29 is 4.92 Å². The van der Waals surface area contributed by atoms with Gasteiger partial charge in [0.2, 0.25) is 0 Å². The maximum atomic E-state index is 10.9. The third-order valence-corrected chi connectivity index (χ3v) is 2.92. The summed E-state index contributed by atoms with van der Waals surface area (Å²) in [6.07, 6.45) is 0. The molecule has 2 aromatic carbocycles. The lowest BCUT2D eigenvalue weighted by Crippen LogP contribution is -2.13. The van der Waals surface area contributed by atoms with Gasteiger partial charge in [0, 0.05) is 24.7 Å². The Labute approximate surface area is 112 Å². The fourth-order valence-electron chi connectivity index (χ4n) is 2.00. The molecule has 0 spiro atoms. The van der Waals surface area contributed by atoms with E-state index in [0.717, 1.165) is 0 Å². The van der Waals surface area contributed by atoms with Crippen molar-refractivity contribution in [1.29, 1.82) is 0 Å². The van der Waals surface area contributed by atoms with Gasteiger partial charge in [-0.1, -0.05) is 48.0 Å². The smallest absolute Gasteiger partial charge is 0.273 e. The average Bonchev–Trinajstić information content (AvgIpc) is 2.39. The Bertz CT molecular complexity index is 582. The van der Waals surface area contributed by atoms with Crippen LogP contribution < -0.4 is 5.32 Å². The number of benzene rings is 2. The lowest BCUT2D eigenvalue weighted by atomic mass is 10.1. The molecule has 1 N–H and O–H groups in total. The van der Waals surface area contributed by atoms with Crippen LogP contribution in [-0.2, 0) is 13.1 Å². The number of rotatable bonds is 5. The summed E-state index contributed by atoms with van der Waals surface area (Å²) < 4.78 is 0. The quantitative estimate of drug-likeness (QED) is 0.660. The van der Waals surface area contributed by atoms with E-state index in [2.05, 4.69) is 11.4 Å². The summed E-state index contributed by atoms with van der Waals surface area (Å²) in [7, 11) is 0. The first-order chi connectivity index (χ1) is 9.16. The van der Waals surface area contributed by atoms with Crippen LogP contribution in [0.1, 0.15) is 16.7 Å². The van der Waals surface area contributed by atoms with Crippen LogP contribution in [0.15, 0.2) is 48.5 Å². The monoisotopic (exact) mass is 256 g/mol. The first-order valence-corrected chi connectivity index (χ1v) is 6.15. The van der Waals surface area contributed by atoms with E-state index in [4.69, 9.17) is 0 Å². The molecule has 0 atom stereocenters. The van der Waals surface area contributed by atoms with Gasteiger partial charge in [-0.3, -0.25) is 10.1 Å². The number of hydrogen-bond acceptors (Lipinski definition) is 3. The molecule has 0 fully saturated rings. The molecule has 98 valence electrons. The summed E-state index contributed by atoms with van der Waals surface area (Å²) in [6, 6.07) is 15.0. The fraction of sp³-hybridized carbons (Fsp3) is 0.200. The third-order valence-electron chi connectivity index (χ3n) is 2.92. The van der Waals surface area contributed by atoms with Gasteiger partial charge in [-0.25, -0.2) is 0 Å². The molecule has 4 heteroatoms. The standard InChI is InChI=1S/C15H16N2O2/c1-12-5-4-6-13(9-12)10-16-11-14-7-2-3-8-15(14)17(18)19/h2-9,16H,10-11H2,1H3. The Morgan fingerprint density at radius 3 is 2.63 bits per heavy atom. The molecule has 0 unspecified atom stereocenters. The van der Waals surface area contributed by atoms with Gasteiger partial charge >= 0.3 is 0 Å². The SMILES string of the molecule is Cc1cccc(CNCc2ccccc2[N+](=O)[O-])c1. The summed E-state index contributed by atoms with van der Waals surface area (Å²) in [5, 5.41) is 14.1. The summed E-state index contributed by atoms with van der Waals surface area (Å²) in [5.41, 5.74) is 3.27. The van der Waals surface area contributed by atoms with Crippen molar-refractivity contribution in [3.05, 3.63) is 75.3 Å². The highest BCUT2D eigenvalue weighted by atomic mass is 16.6. The van der Waals surface area contributed by atoms with Gasteiger partial charge in [0.1, 0.15) is 0 Å². The number of nitrogens with one attached hydrogen (secondary N) is 1. The Kier molecular flexibility index (Phi) is 4.26. The highest BCUT2D eigenvalue weighted by Crippen LogP contribution is 2.17. The molecule has 0 saturated heterocycles. The first-order valence-electron chi connectivity index (χ1n) is 6.15. The Morgan fingerprint density at radius 2 is 1.89 bits per heavy atom. The minimum Gasteiger partial charge on any atom is -0.308 e. The second-order valence-electron chi connectivity index (χ2n) is 4.48. The summed E-state index contributed by atoms with van der Waals surface area (Å²) in [5.74, 6) is 0. The van der Waals surface area contributed by atoms with Crippen LogP contribution in [0, 0.1) is 17.0 Å². The predicted octanol–water partition coefficient (Wildman–Crippen LogP) is 3.19. The van der Waals surface area contributed by atoms with Crippen LogP contribution in [0.25, 0.3) is 0 Å². The van der Waals surface area contributed by atoms with Crippen molar-refractivity contribution in [2.45, 2.75) is 20.0 Å². The topological polar surface area (TPSA) is 55.2 Å². The van der Waals surface area contributed by atoms with Crippen molar-refractivity contribution in [3.63, 3.8) is 0 Å². The Balaban J connectivity index is 1.98. The number of hydrogen-bond donors (Lipinski definition) is 1. The van der Waals surface area contributed by atoms with Gasteiger partial charge < -0.3 is 5.32 Å². The van der Waals surface area contributed by atoms with Crippen molar-refractivity contribution in [1.82, 2.24) is 5.32 Å². The normalized spacial score (nSPS) is 10.4. The van der Waals surface area contributed by atoms with Crippen LogP contribution in [0.5, 0.6) is 0 Å². The van der Waals surface area contributed by atoms with Crippen molar-refractivity contribution in [2.75, 3.05) is 0 Å². The van der Waals surface area contributed by atoms with Gasteiger partial charge in [0.05, 0.1) is 4.92 Å². The minimum atomic E-state index is -0.344. The minimum absolute atomic E-state index is 0.166. The number of nitro groups is 1. The lowest BCUT2D eigenvalue weighted by Gasteiger charge is -2.06. The zero-order valence-corrected chi connectivity index (χ0v) is 10.8. The molecule has 4 nitrogen and oxygen atoms in total. The van der Waals surface area contributed by atoms with E-state index in [1.807, 2.05) is 31.2 Å². The maximum absolute atomic E-state index is 10.9. The number of para-hydroxylation sites is 1. The largest absolute Gasteiger partial charge is 0.308 e. The molecule has 0 aromatic heterocycles. The van der Waals surface area contributed by atoms with Crippen LogP contribution in [0.4, 0.5) is 5.69 Å². The van der Waals surface area contributed by atoms with E-state index in [-0.39, 0.29) is 10.6 Å². The summed E-state index contributed by atoms with van der Waals surface area (Å²) in [4.78, 5) is 10.5. The Morgan fingerprint density at radius 1 is 1.11 bits per heavy atom. The van der Waals surface area contributed by atoms with Crippen LogP contribution in [0.2, 0.25) is 0 Å². The number of nitrogens with zero attached hydrogens (tertiary/aromatic N) is 1. The molecular weight excluding hydrogens is 240 g/mol. The van der Waals surface area contributed by atoms with E-state index in [9.17, 15) is 10.1 Å². The molecule has 2 rings (SSSR count). The van der Waals surface area contributed by atoms with Gasteiger partial charge in [-0.15, -0.1) is 0 Å². The predicted molar refractivity (Wildman–Crippen MR) is 74.8 cm³/mol. The molecule has 2 aromatic rings. The first kappa shape index (κ1) is 13.2. The zero-order valence-electron chi connectivity index (χ0n) is 10.8. The van der Waals surface area contributed by atoms with Crippen LogP contribution in [-0.4, -0.2) is 4.92 Å². The third kappa shape index (κ3) is 3.63. The second-order valence-corrected chi connectivity index (χ2v) is 4.48. The van der Waals surface area contributed by atoms with Gasteiger partial charge in [-0.2, -0.15) is 0 Å². The van der Waals surface area contributed by atoms with Crippen LogP contribution in [0.3, 0.4) is 0 Å². The van der Waals surface area contributed by atoms with Crippen molar-refractivity contribution >= 4 is 5.69 Å². The molecule has 0 aliphatic carbocycles. The molecule has 0 heterocycles. The van der Waals surface area contributed by atoms with Crippen molar-refractivity contribution in [3.8, 4) is 0 Å². The average molecular weight is 256 g/mol. The van der Waals surface area contributed by atoms with E-state index < -0.39 is 0 Å². The van der Waals surface area contributed by atoms with E-state index in [1.165, 1.54) is 17.2 Å². The summed E-state index contributed by atoms with van der Waals surface area (Å²) in [6.45, 7) is 3.24. The maximum Gasteiger partial charge on any atom is 0.273 e. The van der Waals surface area contributed by atoms with E-state index in [0.29, 0.717) is 18.7 Å². The number of nitro benzene ring substituents is 1. The lowest BCUT2D eigenvalue weighted by molar-refractivity contribution is -0.385. The van der Waals surface area contributed by atoms with E-state index >= 15 is 0 Å². The molecule has 0 bridgehead atoms. The second kappa shape index (κ2) is 6.11. The fourth-order valence-corrected chi connectivity index (χ4v) is 2.00. The van der Waals surface area contributed by atoms with Gasteiger partial charge in [-0.05, 0) is 12.5 Å². The van der Waals surface area contributed by atoms with Crippen LogP contribution >= 0.6 is 0 Å². The molecule has 0 aliphatic rings. The molecule has 0 radical (unpaired) electrons. The molecular formula is C15H16N2O2. The number of aryl methyl sites for hydroxylation is 1. The van der Waals surface area contributed by atoms with Gasteiger partial charge in [0.15, 0.2) is 0 Å². The molecule has 0 aliphatic heterocycles. The molecule has 0 saturated carbocycles. The molecule has 0 amide bonds. The summed E-state index contributed by atoms with van der Waals surface area (Å²) >= 11 is 0. The highest BCUT2D eigenvalue weighted by molar-refractivity contribution is 5.39. The zero-order chi connectivity index (χ0) is 13.7. The van der Waals surface area contributed by atoms with Gasteiger partial charge in [0.25, 0.3) is 5.69 Å². The highest BCUT2D eigenvalue weighted by Gasteiger charge is 2.11.